The summed E-state index contributed by atoms with van der Waals surface area (Å²) in [6.45, 7) is 6.66. The lowest BCUT2D eigenvalue weighted by molar-refractivity contribution is 0.0115. The SMILES string of the molecule is CC.Cc1ccc(-c2ccnc3nc(-c4n[nH]c5cnc(-c6cncc(CN7CCC(F)(F)C7)c6)cc45)[nH]c23)s1. The maximum atomic E-state index is 13.6. The molecule has 1 aliphatic rings. The molecule has 0 radical (unpaired) electrons. The number of hydrogen-bond acceptors (Lipinski definition) is 7. The molecule has 0 atom stereocenters. The molecule has 6 aromatic rings. The number of fused-ring (bicyclic) bond motifs is 2. The van der Waals surface area contributed by atoms with E-state index >= 15 is 0 Å². The standard InChI is InChI=1S/C27H22F2N8S.C2H6/c1-15-2-3-22(38-15)18-4-6-31-25-23(18)33-26(34-25)24-19-9-20(32-12-21(19)35-36-24)17-8-16(10-30-11-17)13-37-7-5-27(28,29)14-37;1-2/h2-4,6,8-12H,5,7,13-14H2,1H3,(H,35,36)(H,31,33,34);1-2H3. The molecule has 204 valence electrons. The van der Waals surface area contributed by atoms with Crippen molar-refractivity contribution in [1.29, 1.82) is 0 Å². The van der Waals surface area contributed by atoms with E-state index in [-0.39, 0.29) is 13.0 Å². The highest BCUT2D eigenvalue weighted by Gasteiger charge is 2.37. The molecule has 0 aromatic carbocycles. The highest BCUT2D eigenvalue weighted by molar-refractivity contribution is 7.15. The first-order chi connectivity index (χ1) is 19.4. The summed E-state index contributed by atoms with van der Waals surface area (Å²) in [4.78, 5) is 25.7. The first-order valence-corrected chi connectivity index (χ1v) is 14.0. The maximum Gasteiger partial charge on any atom is 0.261 e. The van der Waals surface area contributed by atoms with Crippen LogP contribution >= 0.6 is 11.3 Å². The predicted octanol–water partition coefficient (Wildman–Crippen LogP) is 6.86. The Hall–Kier alpha value is -4.09. The number of thiophene rings is 1. The molecule has 1 saturated heterocycles. The van der Waals surface area contributed by atoms with E-state index in [1.165, 1.54) is 4.88 Å². The molecule has 2 N–H and O–H groups in total. The summed E-state index contributed by atoms with van der Waals surface area (Å²) in [6.07, 6.45) is 6.85. The zero-order valence-corrected chi connectivity index (χ0v) is 23.2. The normalized spacial score (nSPS) is 15.0. The van der Waals surface area contributed by atoms with Crippen molar-refractivity contribution in [1.82, 2.24) is 40.0 Å². The van der Waals surface area contributed by atoms with E-state index in [4.69, 9.17) is 4.98 Å². The van der Waals surface area contributed by atoms with Crippen LogP contribution in [0.15, 0.2) is 55.1 Å². The van der Waals surface area contributed by atoms with E-state index < -0.39 is 5.92 Å². The number of nitrogens with zero attached hydrogens (tertiary/aromatic N) is 6. The van der Waals surface area contributed by atoms with Gasteiger partial charge in [0.25, 0.3) is 5.92 Å². The molecule has 0 unspecified atom stereocenters. The Balaban J connectivity index is 0.00000142. The Morgan fingerprint density at radius 3 is 2.73 bits per heavy atom. The van der Waals surface area contributed by atoms with Crippen LogP contribution in [0.25, 0.3) is 55.3 Å². The third kappa shape index (κ3) is 4.98. The molecule has 7 heterocycles. The molecule has 0 spiro atoms. The van der Waals surface area contributed by atoms with Crippen LogP contribution in [0.5, 0.6) is 0 Å². The molecule has 40 heavy (non-hydrogen) atoms. The van der Waals surface area contributed by atoms with Gasteiger partial charge >= 0.3 is 0 Å². The fraction of sp³-hybridized carbons (Fsp3) is 0.276. The highest BCUT2D eigenvalue weighted by atomic mass is 32.1. The van der Waals surface area contributed by atoms with E-state index in [9.17, 15) is 8.78 Å². The van der Waals surface area contributed by atoms with E-state index in [1.54, 1.807) is 41.0 Å². The number of nitrogens with one attached hydrogen (secondary N) is 2. The van der Waals surface area contributed by atoms with Crippen molar-refractivity contribution in [2.75, 3.05) is 13.1 Å². The molecule has 1 fully saturated rings. The second-order valence-electron chi connectivity index (χ2n) is 9.64. The minimum Gasteiger partial charge on any atom is -0.335 e. The molecular weight excluding hydrogens is 530 g/mol. The zero-order chi connectivity index (χ0) is 27.9. The van der Waals surface area contributed by atoms with Gasteiger partial charge in [-0.15, -0.1) is 11.3 Å². The summed E-state index contributed by atoms with van der Waals surface area (Å²) in [6, 6.07) is 10.1. The van der Waals surface area contributed by atoms with Crippen molar-refractivity contribution in [2.45, 2.75) is 39.7 Å². The van der Waals surface area contributed by atoms with Gasteiger partial charge in [-0.05, 0) is 42.8 Å². The monoisotopic (exact) mass is 558 g/mol. The van der Waals surface area contributed by atoms with Crippen molar-refractivity contribution in [3.63, 3.8) is 0 Å². The number of hydrogen-bond donors (Lipinski definition) is 2. The Morgan fingerprint density at radius 1 is 1.07 bits per heavy atom. The van der Waals surface area contributed by atoms with Crippen LogP contribution in [0.3, 0.4) is 0 Å². The van der Waals surface area contributed by atoms with Gasteiger partial charge in [0, 0.05) is 64.4 Å². The third-order valence-corrected chi connectivity index (χ3v) is 7.85. The van der Waals surface area contributed by atoms with Gasteiger partial charge in [0.05, 0.1) is 29.5 Å². The van der Waals surface area contributed by atoms with Crippen LogP contribution in [0, 0.1) is 6.92 Å². The number of H-pyrrole nitrogens is 2. The van der Waals surface area contributed by atoms with E-state index in [0.29, 0.717) is 35.9 Å². The van der Waals surface area contributed by atoms with E-state index in [1.807, 2.05) is 32.0 Å². The summed E-state index contributed by atoms with van der Waals surface area (Å²) < 4.78 is 27.3. The Morgan fingerprint density at radius 2 is 1.95 bits per heavy atom. The second-order valence-corrected chi connectivity index (χ2v) is 10.9. The number of aromatic amines is 2. The van der Waals surface area contributed by atoms with Crippen LogP contribution < -0.4 is 0 Å². The Labute approximate surface area is 233 Å². The molecule has 11 heteroatoms. The molecule has 0 aliphatic carbocycles. The summed E-state index contributed by atoms with van der Waals surface area (Å²) in [5.74, 6) is -2.01. The van der Waals surface area contributed by atoms with Crippen LogP contribution in [-0.4, -0.2) is 59.0 Å². The maximum absolute atomic E-state index is 13.6. The van der Waals surface area contributed by atoms with Crippen molar-refractivity contribution in [3.05, 3.63) is 65.6 Å². The average molecular weight is 559 g/mol. The van der Waals surface area contributed by atoms with E-state index in [2.05, 4.69) is 49.2 Å². The second kappa shape index (κ2) is 10.5. The smallest absolute Gasteiger partial charge is 0.261 e. The lowest BCUT2D eigenvalue weighted by Gasteiger charge is -2.15. The van der Waals surface area contributed by atoms with Crippen LogP contribution in [0.1, 0.15) is 30.7 Å². The van der Waals surface area contributed by atoms with Gasteiger partial charge in [0.15, 0.2) is 11.5 Å². The molecule has 0 amide bonds. The molecule has 0 bridgehead atoms. The van der Waals surface area contributed by atoms with Crippen LogP contribution in [0.4, 0.5) is 8.78 Å². The minimum absolute atomic E-state index is 0.104. The molecular formula is C29H28F2N8S. The van der Waals surface area contributed by atoms with Gasteiger partial charge in [-0.2, -0.15) is 5.10 Å². The van der Waals surface area contributed by atoms with Gasteiger partial charge < -0.3 is 4.98 Å². The first-order valence-electron chi connectivity index (χ1n) is 13.2. The molecule has 8 nitrogen and oxygen atoms in total. The fourth-order valence-electron chi connectivity index (χ4n) is 4.98. The zero-order valence-electron chi connectivity index (χ0n) is 22.4. The third-order valence-electron chi connectivity index (χ3n) is 6.81. The number of aryl methyl sites for hydroxylation is 1. The molecule has 0 saturated carbocycles. The number of rotatable bonds is 5. The molecule has 1 aliphatic heterocycles. The molecule has 7 rings (SSSR count). The topological polar surface area (TPSA) is 99.3 Å². The lowest BCUT2D eigenvalue weighted by atomic mass is 10.1. The summed E-state index contributed by atoms with van der Waals surface area (Å²) >= 11 is 1.72. The summed E-state index contributed by atoms with van der Waals surface area (Å²) in [5.41, 5.74) is 6.36. The Kier molecular flexibility index (Phi) is 6.85. The predicted molar refractivity (Wildman–Crippen MR) is 154 cm³/mol. The summed E-state index contributed by atoms with van der Waals surface area (Å²) in [5, 5.41) is 8.42. The number of imidazole rings is 1. The average Bonchev–Trinajstić information content (AvgIpc) is 3.75. The van der Waals surface area contributed by atoms with Crippen LogP contribution in [-0.2, 0) is 6.54 Å². The van der Waals surface area contributed by atoms with Gasteiger partial charge in [0.1, 0.15) is 5.69 Å². The minimum atomic E-state index is -2.62. The molecule has 6 aromatic heterocycles. The first kappa shape index (κ1) is 26.1. The van der Waals surface area contributed by atoms with Crippen molar-refractivity contribution in [2.24, 2.45) is 0 Å². The number of pyridine rings is 3. The fourth-order valence-corrected chi connectivity index (χ4v) is 5.88. The van der Waals surface area contributed by atoms with Crippen LogP contribution in [0.2, 0.25) is 0 Å². The van der Waals surface area contributed by atoms with Crippen molar-refractivity contribution < 1.29 is 8.78 Å². The van der Waals surface area contributed by atoms with Crippen molar-refractivity contribution >= 4 is 33.4 Å². The quantitative estimate of drug-likeness (QED) is 0.240. The van der Waals surface area contributed by atoms with Gasteiger partial charge in [-0.25, -0.2) is 18.7 Å². The van der Waals surface area contributed by atoms with Crippen molar-refractivity contribution in [3.8, 4) is 33.2 Å². The number of aromatic nitrogens is 7. The summed E-state index contributed by atoms with van der Waals surface area (Å²) in [7, 11) is 0. The number of alkyl halides is 2. The largest absolute Gasteiger partial charge is 0.335 e. The number of halogens is 2. The van der Waals surface area contributed by atoms with E-state index in [0.717, 1.165) is 38.0 Å². The highest BCUT2D eigenvalue weighted by Crippen LogP contribution is 2.34. The van der Waals surface area contributed by atoms with Gasteiger partial charge in [0.2, 0.25) is 0 Å². The van der Waals surface area contributed by atoms with Gasteiger partial charge in [-0.3, -0.25) is 20.0 Å². The lowest BCUT2D eigenvalue weighted by Crippen LogP contribution is -2.24. The Bertz CT molecular complexity index is 1800. The van der Waals surface area contributed by atoms with Gasteiger partial charge in [-0.1, -0.05) is 13.8 Å². The number of likely N-dealkylation sites (tertiary alicyclic amines) is 1.